The van der Waals surface area contributed by atoms with Crippen LogP contribution in [-0.4, -0.2) is 47.1 Å². The van der Waals surface area contributed by atoms with Gasteiger partial charge in [-0.05, 0) is 33.6 Å². The van der Waals surface area contributed by atoms with Crippen LogP contribution < -0.4 is 0 Å². The summed E-state index contributed by atoms with van der Waals surface area (Å²) < 4.78 is 17.6. The van der Waals surface area contributed by atoms with Crippen LogP contribution >= 0.6 is 0 Å². The molecule has 1 heterocycles. The van der Waals surface area contributed by atoms with E-state index in [-0.39, 0.29) is 0 Å². The molecule has 0 aromatic carbocycles. The summed E-state index contributed by atoms with van der Waals surface area (Å²) in [5.74, 6) is 0. The highest BCUT2D eigenvalue weighted by molar-refractivity contribution is 5.69. The van der Waals surface area contributed by atoms with Gasteiger partial charge in [-0.25, -0.2) is 9.18 Å². The number of carbonyl (C=O) groups is 1. The topological polar surface area (TPSA) is 49.8 Å². The van der Waals surface area contributed by atoms with Gasteiger partial charge in [0, 0.05) is 6.54 Å². The number of rotatable bonds is 2. The van der Waals surface area contributed by atoms with Gasteiger partial charge in [0.15, 0.2) is 0 Å². The fourth-order valence-corrected chi connectivity index (χ4v) is 1.84. The van der Waals surface area contributed by atoms with Crippen molar-refractivity contribution in [2.24, 2.45) is 0 Å². The van der Waals surface area contributed by atoms with Crippen LogP contribution in [0.3, 0.4) is 0 Å². The van der Waals surface area contributed by atoms with E-state index in [1.54, 1.807) is 20.8 Å². The summed E-state index contributed by atoms with van der Waals surface area (Å²) in [5.41, 5.74) is -0.565. The van der Waals surface area contributed by atoms with Gasteiger partial charge in [-0.3, -0.25) is 0 Å². The molecule has 0 aromatic rings. The summed E-state index contributed by atoms with van der Waals surface area (Å²) in [6.07, 6.45) is -0.164. The highest BCUT2D eigenvalue weighted by Crippen LogP contribution is 2.23. The fraction of sp³-hybridized carbons (Fsp3) is 0.909. The summed E-state index contributed by atoms with van der Waals surface area (Å²) in [6, 6.07) is -0.445. The molecular weight excluding hydrogens is 213 g/mol. The molecule has 1 rings (SSSR count). The monoisotopic (exact) mass is 233 g/mol. The Morgan fingerprint density at radius 1 is 1.62 bits per heavy atom. The molecule has 0 aliphatic carbocycles. The number of likely N-dealkylation sites (tertiary alicyclic amines) is 1. The van der Waals surface area contributed by atoms with Crippen LogP contribution in [0.2, 0.25) is 0 Å². The Morgan fingerprint density at radius 3 is 2.75 bits per heavy atom. The van der Waals surface area contributed by atoms with Gasteiger partial charge in [-0.2, -0.15) is 0 Å². The molecule has 0 spiro atoms. The summed E-state index contributed by atoms with van der Waals surface area (Å²) in [6.45, 7) is 5.03. The van der Waals surface area contributed by atoms with Gasteiger partial charge in [0.2, 0.25) is 0 Å². The van der Waals surface area contributed by atoms with Crippen molar-refractivity contribution in [2.75, 3.05) is 13.2 Å². The Hall–Kier alpha value is -0.840. The van der Waals surface area contributed by atoms with Gasteiger partial charge in [-0.1, -0.05) is 0 Å². The zero-order chi connectivity index (χ0) is 12.3. The third-order valence-corrected chi connectivity index (χ3v) is 2.53. The fourth-order valence-electron chi connectivity index (χ4n) is 1.84. The van der Waals surface area contributed by atoms with E-state index >= 15 is 0 Å². The van der Waals surface area contributed by atoms with Crippen LogP contribution in [0.25, 0.3) is 0 Å². The number of aliphatic hydroxyl groups excluding tert-OH is 1. The standard InChI is InChI=1S/C11H20FNO3/c1-11(2,3)16-10(15)13-6-4-5-8(13)9(14)7-12/h8-9,14H,4-7H2,1-3H3. The first kappa shape index (κ1) is 13.2. The second kappa shape index (κ2) is 4.99. The number of hydrogen-bond acceptors (Lipinski definition) is 3. The Kier molecular flexibility index (Phi) is 4.13. The van der Waals surface area contributed by atoms with Crippen molar-refractivity contribution < 1.29 is 19.0 Å². The molecule has 0 radical (unpaired) electrons. The lowest BCUT2D eigenvalue weighted by Gasteiger charge is -2.30. The van der Waals surface area contributed by atoms with Gasteiger partial charge in [0.1, 0.15) is 18.4 Å². The van der Waals surface area contributed by atoms with E-state index in [1.165, 1.54) is 4.90 Å². The normalized spacial score (nSPS) is 23.3. The van der Waals surface area contributed by atoms with Gasteiger partial charge in [-0.15, -0.1) is 0 Å². The van der Waals surface area contributed by atoms with Gasteiger partial charge < -0.3 is 14.7 Å². The van der Waals surface area contributed by atoms with E-state index in [4.69, 9.17) is 4.74 Å². The predicted octanol–water partition coefficient (Wildman–Crippen LogP) is 1.72. The van der Waals surface area contributed by atoms with Crippen molar-refractivity contribution in [3.63, 3.8) is 0 Å². The molecule has 1 aliphatic rings. The average Bonchev–Trinajstić information content (AvgIpc) is 2.62. The number of hydrogen-bond donors (Lipinski definition) is 1. The minimum atomic E-state index is -1.10. The number of amides is 1. The van der Waals surface area contributed by atoms with Gasteiger partial charge in [0.25, 0.3) is 0 Å². The molecular formula is C11H20FNO3. The van der Waals surface area contributed by atoms with Crippen LogP contribution in [0.15, 0.2) is 0 Å². The Morgan fingerprint density at radius 2 is 2.25 bits per heavy atom. The number of ether oxygens (including phenoxy) is 1. The van der Waals surface area contributed by atoms with Crippen molar-refractivity contribution in [1.29, 1.82) is 0 Å². The maximum absolute atomic E-state index is 12.4. The van der Waals surface area contributed by atoms with E-state index < -0.39 is 30.5 Å². The van der Waals surface area contributed by atoms with E-state index in [2.05, 4.69) is 0 Å². The molecule has 1 saturated heterocycles. The zero-order valence-electron chi connectivity index (χ0n) is 10.1. The molecule has 2 atom stereocenters. The molecule has 16 heavy (non-hydrogen) atoms. The third kappa shape index (κ3) is 3.33. The number of halogens is 1. The lowest BCUT2D eigenvalue weighted by atomic mass is 10.1. The molecule has 1 aliphatic heterocycles. The lowest BCUT2D eigenvalue weighted by Crippen LogP contribution is -2.45. The largest absolute Gasteiger partial charge is 0.444 e. The SMILES string of the molecule is CC(C)(C)OC(=O)N1CCCC1C(O)CF. The number of carbonyl (C=O) groups excluding carboxylic acids is 1. The van der Waals surface area contributed by atoms with Crippen molar-refractivity contribution in [2.45, 2.75) is 51.4 Å². The molecule has 0 bridgehead atoms. The highest BCUT2D eigenvalue weighted by atomic mass is 19.1. The number of aliphatic hydroxyl groups is 1. The maximum Gasteiger partial charge on any atom is 0.410 e. The zero-order valence-corrected chi connectivity index (χ0v) is 10.1. The molecule has 5 heteroatoms. The number of alkyl halides is 1. The minimum absolute atomic E-state index is 0.445. The first-order valence-corrected chi connectivity index (χ1v) is 5.59. The minimum Gasteiger partial charge on any atom is -0.444 e. The smallest absolute Gasteiger partial charge is 0.410 e. The van der Waals surface area contributed by atoms with Crippen molar-refractivity contribution in [3.05, 3.63) is 0 Å². The van der Waals surface area contributed by atoms with E-state index in [9.17, 15) is 14.3 Å². The van der Waals surface area contributed by atoms with Crippen LogP contribution in [0.5, 0.6) is 0 Å². The van der Waals surface area contributed by atoms with Gasteiger partial charge >= 0.3 is 6.09 Å². The average molecular weight is 233 g/mol. The van der Waals surface area contributed by atoms with Gasteiger partial charge in [0.05, 0.1) is 6.04 Å². The number of nitrogens with zero attached hydrogens (tertiary/aromatic N) is 1. The summed E-state index contributed by atoms with van der Waals surface area (Å²) in [4.78, 5) is 13.2. The predicted molar refractivity (Wildman–Crippen MR) is 57.9 cm³/mol. The van der Waals surface area contributed by atoms with Crippen molar-refractivity contribution >= 4 is 6.09 Å². The summed E-state index contributed by atoms with van der Waals surface area (Å²) in [5, 5.41) is 9.45. The Labute approximate surface area is 95.4 Å². The van der Waals surface area contributed by atoms with Crippen LogP contribution in [0, 0.1) is 0 Å². The van der Waals surface area contributed by atoms with Crippen LogP contribution in [-0.2, 0) is 4.74 Å². The van der Waals surface area contributed by atoms with Crippen molar-refractivity contribution in [3.8, 4) is 0 Å². The van der Waals surface area contributed by atoms with E-state index in [1.807, 2.05) is 0 Å². The first-order valence-electron chi connectivity index (χ1n) is 5.59. The second-order valence-corrected chi connectivity index (χ2v) is 5.10. The molecule has 94 valence electrons. The molecule has 2 unspecified atom stereocenters. The van der Waals surface area contributed by atoms with E-state index in [0.717, 1.165) is 6.42 Å². The molecule has 1 fully saturated rings. The molecule has 0 aromatic heterocycles. The van der Waals surface area contributed by atoms with Crippen LogP contribution in [0.4, 0.5) is 9.18 Å². The van der Waals surface area contributed by atoms with Crippen LogP contribution in [0.1, 0.15) is 33.6 Å². The molecule has 1 N–H and O–H groups in total. The maximum atomic E-state index is 12.4. The molecule has 0 saturated carbocycles. The van der Waals surface area contributed by atoms with E-state index in [0.29, 0.717) is 13.0 Å². The first-order chi connectivity index (χ1) is 7.35. The second-order valence-electron chi connectivity index (χ2n) is 5.10. The highest BCUT2D eigenvalue weighted by Gasteiger charge is 2.36. The lowest BCUT2D eigenvalue weighted by molar-refractivity contribution is 0.00129. The summed E-state index contributed by atoms with van der Waals surface area (Å²) >= 11 is 0. The quantitative estimate of drug-likeness (QED) is 0.790. The Bertz CT molecular complexity index is 252. The molecule has 4 nitrogen and oxygen atoms in total. The summed E-state index contributed by atoms with van der Waals surface area (Å²) in [7, 11) is 0. The molecule has 1 amide bonds. The third-order valence-electron chi connectivity index (χ3n) is 2.53. The van der Waals surface area contributed by atoms with Crippen molar-refractivity contribution in [1.82, 2.24) is 4.90 Å². The Balaban J connectivity index is 2.61.